The van der Waals surface area contributed by atoms with E-state index in [0.717, 1.165) is 83.5 Å². The average molecular weight is 1070 g/mol. The van der Waals surface area contributed by atoms with Crippen LogP contribution >= 0.6 is 7.82 Å². The summed E-state index contributed by atoms with van der Waals surface area (Å²) in [5.74, 6) is -0.826. The second kappa shape index (κ2) is 55.9. The summed E-state index contributed by atoms with van der Waals surface area (Å²) in [5.41, 5.74) is 0. The first kappa shape index (κ1) is 72.2. The third-order valence-corrected chi connectivity index (χ3v) is 14.1. The number of carbonyl (C=O) groups excluding carboxylic acids is 2. The summed E-state index contributed by atoms with van der Waals surface area (Å²) < 4.78 is 34.1. The van der Waals surface area contributed by atoms with Crippen molar-refractivity contribution < 1.29 is 42.1 Å². The Morgan fingerprint density at radius 1 is 0.427 bits per heavy atom. The first-order chi connectivity index (χ1) is 36.5. The highest BCUT2D eigenvalue weighted by atomic mass is 31.2. The van der Waals surface area contributed by atoms with Crippen molar-refractivity contribution in [2.24, 2.45) is 0 Å². The van der Waals surface area contributed by atoms with Gasteiger partial charge < -0.3 is 27.9 Å². The minimum Gasteiger partial charge on any atom is -0.756 e. The van der Waals surface area contributed by atoms with Crippen molar-refractivity contribution in [3.63, 3.8) is 0 Å². The van der Waals surface area contributed by atoms with Crippen molar-refractivity contribution in [3.05, 3.63) is 85.1 Å². The number of hydrogen-bond donors (Lipinski definition) is 0. The van der Waals surface area contributed by atoms with Crippen molar-refractivity contribution in [2.45, 2.75) is 270 Å². The van der Waals surface area contributed by atoms with E-state index in [4.69, 9.17) is 18.5 Å². The Kier molecular flexibility index (Phi) is 53.8. The molecule has 0 heterocycles. The molecule has 0 radical (unpaired) electrons. The monoisotopic (exact) mass is 1070 g/mol. The van der Waals surface area contributed by atoms with E-state index in [2.05, 4.69) is 98.9 Å². The van der Waals surface area contributed by atoms with E-state index in [0.29, 0.717) is 17.4 Å². The highest BCUT2D eigenvalue weighted by Gasteiger charge is 2.22. The second-order valence-corrected chi connectivity index (χ2v) is 23.1. The minimum absolute atomic E-state index is 0.0306. The lowest BCUT2D eigenvalue weighted by atomic mass is 10.0. The summed E-state index contributed by atoms with van der Waals surface area (Å²) in [6.07, 6.45) is 75.1. The molecule has 2 atom stereocenters. The van der Waals surface area contributed by atoms with Crippen molar-refractivity contribution >= 4 is 19.8 Å². The van der Waals surface area contributed by atoms with Gasteiger partial charge in [-0.05, 0) is 70.6 Å². The normalized spacial score (nSPS) is 13.8. The fourth-order valence-electron chi connectivity index (χ4n) is 8.46. The van der Waals surface area contributed by atoms with Gasteiger partial charge in [-0.15, -0.1) is 0 Å². The van der Waals surface area contributed by atoms with E-state index in [1.54, 1.807) is 0 Å². The van der Waals surface area contributed by atoms with Crippen LogP contribution in [0.4, 0.5) is 0 Å². The number of phosphoric acid groups is 1. The maximum atomic E-state index is 12.8. The average Bonchev–Trinajstić information content (AvgIpc) is 3.37. The topological polar surface area (TPSA) is 111 Å². The van der Waals surface area contributed by atoms with Crippen molar-refractivity contribution in [1.82, 2.24) is 0 Å². The van der Waals surface area contributed by atoms with E-state index in [9.17, 15) is 19.0 Å². The number of rotatable bonds is 56. The number of likely N-dealkylation sites (N-methyl/N-ethyl adjacent to an activating group) is 1. The number of phosphoric ester groups is 1. The SMILES string of the molecule is CC/C=C\C/C=C\C/C=C\C/C=C\C/C=C\C/C=C\C/C=C\CCCCCCCCCCCCCCCCCCCC(=O)OC(COC(=O)CCCCCCCCCCCCCC)COP(=O)([O-])OCC[N+](C)(C)C. The number of hydrogen-bond acceptors (Lipinski definition) is 8. The molecule has 0 spiro atoms. The lowest BCUT2D eigenvalue weighted by Crippen LogP contribution is -2.37. The Balaban J connectivity index is 3.95. The molecule has 0 N–H and O–H groups in total. The lowest BCUT2D eigenvalue weighted by molar-refractivity contribution is -0.870. The maximum absolute atomic E-state index is 12.8. The second-order valence-electron chi connectivity index (χ2n) is 21.7. The number of unbranched alkanes of at least 4 members (excludes halogenated alkanes) is 28. The van der Waals surface area contributed by atoms with Crippen LogP contribution in [0.1, 0.15) is 264 Å². The van der Waals surface area contributed by atoms with Crippen LogP contribution in [0.5, 0.6) is 0 Å². The van der Waals surface area contributed by atoms with Gasteiger partial charge in [0.25, 0.3) is 7.82 Å². The zero-order valence-electron chi connectivity index (χ0n) is 49.2. The van der Waals surface area contributed by atoms with Gasteiger partial charge in [-0.3, -0.25) is 14.2 Å². The molecule has 434 valence electrons. The molecule has 0 bridgehead atoms. The van der Waals surface area contributed by atoms with Gasteiger partial charge in [0.15, 0.2) is 6.10 Å². The Hall–Kier alpha value is -2.81. The molecule has 0 fully saturated rings. The molecule has 0 saturated carbocycles. The molecule has 0 saturated heterocycles. The molecule has 0 amide bonds. The first-order valence-corrected chi connectivity index (χ1v) is 32.3. The van der Waals surface area contributed by atoms with E-state index in [-0.39, 0.29) is 32.0 Å². The van der Waals surface area contributed by atoms with Gasteiger partial charge >= 0.3 is 11.9 Å². The van der Waals surface area contributed by atoms with Gasteiger partial charge in [-0.1, -0.05) is 266 Å². The molecule has 0 aliphatic carbocycles. The van der Waals surface area contributed by atoms with Crippen LogP contribution in [-0.4, -0.2) is 70.0 Å². The van der Waals surface area contributed by atoms with Crippen molar-refractivity contribution in [2.75, 3.05) is 47.5 Å². The molecular formula is C65H116NO8P. The predicted molar refractivity (Wildman–Crippen MR) is 319 cm³/mol. The van der Waals surface area contributed by atoms with E-state index in [1.807, 2.05) is 21.1 Å². The van der Waals surface area contributed by atoms with Gasteiger partial charge in [-0.2, -0.15) is 0 Å². The highest BCUT2D eigenvalue weighted by Crippen LogP contribution is 2.38. The maximum Gasteiger partial charge on any atom is 0.306 e. The number of esters is 2. The fourth-order valence-corrected chi connectivity index (χ4v) is 9.19. The van der Waals surface area contributed by atoms with Gasteiger partial charge in [0.2, 0.25) is 0 Å². The third kappa shape index (κ3) is 60.3. The summed E-state index contributed by atoms with van der Waals surface area (Å²) >= 11 is 0. The number of nitrogens with zero attached hydrogens (tertiary/aromatic N) is 1. The summed E-state index contributed by atoms with van der Waals surface area (Å²) in [6, 6.07) is 0. The van der Waals surface area contributed by atoms with Gasteiger partial charge in [0.05, 0.1) is 27.7 Å². The zero-order valence-corrected chi connectivity index (χ0v) is 50.1. The van der Waals surface area contributed by atoms with Crippen LogP contribution in [0.25, 0.3) is 0 Å². The molecule has 9 nitrogen and oxygen atoms in total. The van der Waals surface area contributed by atoms with E-state index in [1.165, 1.54) is 148 Å². The van der Waals surface area contributed by atoms with Crippen LogP contribution in [0.15, 0.2) is 85.1 Å². The van der Waals surface area contributed by atoms with E-state index >= 15 is 0 Å². The quantitative estimate of drug-likeness (QED) is 0.0195. The molecule has 2 unspecified atom stereocenters. The van der Waals surface area contributed by atoms with Crippen LogP contribution < -0.4 is 4.89 Å². The molecule has 0 aromatic heterocycles. The summed E-state index contributed by atoms with van der Waals surface area (Å²) in [7, 11) is 1.17. The van der Waals surface area contributed by atoms with Gasteiger partial charge in [0.1, 0.15) is 19.8 Å². The number of allylic oxidation sites excluding steroid dienone is 14. The van der Waals surface area contributed by atoms with Crippen molar-refractivity contribution in [1.29, 1.82) is 0 Å². The van der Waals surface area contributed by atoms with Crippen LogP contribution in [0, 0.1) is 0 Å². The van der Waals surface area contributed by atoms with Crippen LogP contribution in [0.3, 0.4) is 0 Å². The molecule has 10 heteroatoms. The van der Waals surface area contributed by atoms with Gasteiger partial charge in [-0.25, -0.2) is 0 Å². The fraction of sp³-hybridized carbons (Fsp3) is 0.754. The Morgan fingerprint density at radius 3 is 1.13 bits per heavy atom. The highest BCUT2D eigenvalue weighted by molar-refractivity contribution is 7.45. The summed E-state index contributed by atoms with van der Waals surface area (Å²) in [5, 5.41) is 0. The predicted octanol–water partition coefficient (Wildman–Crippen LogP) is 18.8. The Bertz CT molecular complexity index is 1540. The van der Waals surface area contributed by atoms with Crippen molar-refractivity contribution in [3.8, 4) is 0 Å². The largest absolute Gasteiger partial charge is 0.756 e. The molecule has 0 aliphatic heterocycles. The van der Waals surface area contributed by atoms with E-state index < -0.39 is 26.5 Å². The minimum atomic E-state index is -4.63. The molecule has 0 aromatic rings. The summed E-state index contributed by atoms with van der Waals surface area (Å²) in [6.45, 7) is 4.13. The number of carbonyl (C=O) groups is 2. The number of quaternary nitrogens is 1. The third-order valence-electron chi connectivity index (χ3n) is 13.2. The molecule has 0 aliphatic rings. The van der Waals surface area contributed by atoms with Gasteiger partial charge in [0, 0.05) is 12.8 Å². The summed E-state index contributed by atoms with van der Waals surface area (Å²) in [4.78, 5) is 37.8. The molecule has 75 heavy (non-hydrogen) atoms. The smallest absolute Gasteiger partial charge is 0.306 e. The Morgan fingerprint density at radius 2 is 0.760 bits per heavy atom. The lowest BCUT2D eigenvalue weighted by Gasteiger charge is -2.28. The number of ether oxygens (including phenoxy) is 2. The first-order valence-electron chi connectivity index (χ1n) is 30.8. The Labute approximate surface area is 462 Å². The standard InChI is InChI=1S/C65H116NO8P/c1-6-8-10-12-14-16-18-20-21-22-23-24-25-26-27-28-29-30-31-32-33-34-35-36-37-38-39-40-41-42-43-44-45-46-48-50-52-54-56-58-65(68)74-63(62-73-75(69,70)72-60-59-66(3,4)5)61-71-64(67)57-55-53-51-49-47-19-17-15-13-11-9-7-2/h8,10,14,16,20-21,23-24,26-27,29-30,32-33,63H,6-7,9,11-13,15,17-19,22,25,28,31,34-62H2,1-5H3/b10-8-,16-14-,21-20-,24-23-,27-26-,30-29-,33-32-. The molecular weight excluding hydrogens is 954 g/mol. The zero-order chi connectivity index (χ0) is 54.9. The molecule has 0 rings (SSSR count). The van der Waals surface area contributed by atoms with Crippen LogP contribution in [-0.2, 0) is 32.7 Å². The molecule has 0 aromatic carbocycles. The van der Waals surface area contributed by atoms with Crippen LogP contribution in [0.2, 0.25) is 0 Å².